The molecule has 0 fully saturated rings. The first-order chi connectivity index (χ1) is 6.84. The largest absolute Gasteiger partial charge is 0.485 e. The second-order valence-corrected chi connectivity index (χ2v) is 4.24. The molecule has 1 aromatic rings. The van der Waals surface area contributed by atoms with Crippen molar-refractivity contribution < 1.29 is 13.2 Å². The summed E-state index contributed by atoms with van der Waals surface area (Å²) in [4.78, 5) is 0.428. The first-order valence-electron chi connectivity index (χ1n) is 4.44. The maximum Gasteiger partial charge on any atom is 0.485 e. The van der Waals surface area contributed by atoms with Gasteiger partial charge in [0, 0.05) is 10.5 Å². The predicted octanol–water partition coefficient (Wildman–Crippen LogP) is 4.18. The Labute approximate surface area is 95.0 Å². The predicted molar refractivity (Wildman–Crippen MR) is 57.8 cm³/mol. The van der Waals surface area contributed by atoms with E-state index in [4.69, 9.17) is 0 Å². The Bertz CT molecular complexity index is 336. The molecule has 0 radical (unpaired) electrons. The molecule has 0 atom stereocenters. The minimum atomic E-state index is -4.36. The number of anilines is 1. The number of para-hydroxylation sites is 1. The molecular formula is C10H11BrF3N. The minimum absolute atomic E-state index is 0.139. The van der Waals surface area contributed by atoms with Gasteiger partial charge in [0.1, 0.15) is 0 Å². The van der Waals surface area contributed by atoms with E-state index in [1.807, 2.05) is 0 Å². The van der Waals surface area contributed by atoms with Gasteiger partial charge >= 0.3 is 6.30 Å². The lowest BCUT2D eigenvalue weighted by Crippen LogP contribution is -2.43. The van der Waals surface area contributed by atoms with Gasteiger partial charge in [-0.2, -0.15) is 13.2 Å². The highest BCUT2D eigenvalue weighted by molar-refractivity contribution is 9.10. The standard InChI is InChI=1S/C10H11BrF3N/c1-7(2)15(10(12,13)14)9-6-4-3-5-8(9)11/h3-7H,1-2H3. The Hall–Kier alpha value is -0.710. The van der Waals surface area contributed by atoms with Crippen molar-refractivity contribution in [3.63, 3.8) is 0 Å². The van der Waals surface area contributed by atoms with Crippen molar-refractivity contribution in [2.24, 2.45) is 0 Å². The van der Waals surface area contributed by atoms with Crippen molar-refractivity contribution in [1.29, 1.82) is 0 Å². The smallest absolute Gasteiger partial charge is 0.280 e. The van der Waals surface area contributed by atoms with Crippen LogP contribution in [0.3, 0.4) is 0 Å². The number of hydrogen-bond donors (Lipinski definition) is 0. The highest BCUT2D eigenvalue weighted by atomic mass is 79.9. The minimum Gasteiger partial charge on any atom is -0.280 e. The van der Waals surface area contributed by atoms with E-state index < -0.39 is 12.3 Å². The zero-order valence-corrected chi connectivity index (χ0v) is 9.93. The van der Waals surface area contributed by atoms with Gasteiger partial charge in [-0.05, 0) is 41.9 Å². The lowest BCUT2D eigenvalue weighted by molar-refractivity contribution is -0.133. The van der Waals surface area contributed by atoms with Crippen LogP contribution in [0.1, 0.15) is 13.8 Å². The van der Waals surface area contributed by atoms with E-state index in [0.29, 0.717) is 9.37 Å². The summed E-state index contributed by atoms with van der Waals surface area (Å²) in [6.45, 7) is 3.01. The van der Waals surface area contributed by atoms with Gasteiger partial charge in [-0.1, -0.05) is 12.1 Å². The summed E-state index contributed by atoms with van der Waals surface area (Å²) in [6.07, 6.45) is -4.36. The topological polar surface area (TPSA) is 3.24 Å². The molecule has 0 N–H and O–H groups in total. The average molecular weight is 282 g/mol. The molecule has 1 rings (SSSR count). The molecule has 0 aliphatic carbocycles. The highest BCUT2D eigenvalue weighted by Gasteiger charge is 2.39. The van der Waals surface area contributed by atoms with Crippen molar-refractivity contribution >= 4 is 21.6 Å². The second-order valence-electron chi connectivity index (χ2n) is 3.38. The molecule has 0 unspecified atom stereocenters. The van der Waals surface area contributed by atoms with Crippen molar-refractivity contribution in [3.05, 3.63) is 28.7 Å². The van der Waals surface area contributed by atoms with Crippen molar-refractivity contribution in [2.45, 2.75) is 26.2 Å². The number of hydrogen-bond acceptors (Lipinski definition) is 1. The fourth-order valence-corrected chi connectivity index (χ4v) is 1.83. The summed E-state index contributed by atoms with van der Waals surface area (Å²) in [5.74, 6) is 0. The molecule has 0 saturated carbocycles. The van der Waals surface area contributed by atoms with Crippen LogP contribution in [0.15, 0.2) is 28.7 Å². The van der Waals surface area contributed by atoms with Crippen molar-refractivity contribution in [3.8, 4) is 0 Å². The monoisotopic (exact) mass is 281 g/mol. The fraction of sp³-hybridized carbons (Fsp3) is 0.400. The first kappa shape index (κ1) is 12.4. The Morgan fingerprint density at radius 2 is 1.73 bits per heavy atom. The van der Waals surface area contributed by atoms with Crippen LogP contribution in [-0.4, -0.2) is 12.3 Å². The van der Waals surface area contributed by atoms with Gasteiger partial charge in [-0.15, -0.1) is 0 Å². The first-order valence-corrected chi connectivity index (χ1v) is 5.24. The van der Waals surface area contributed by atoms with E-state index in [1.54, 1.807) is 18.2 Å². The summed E-state index contributed by atoms with van der Waals surface area (Å²) >= 11 is 3.12. The quantitative estimate of drug-likeness (QED) is 0.735. The van der Waals surface area contributed by atoms with Gasteiger partial charge in [-0.25, -0.2) is 0 Å². The molecular weight excluding hydrogens is 271 g/mol. The van der Waals surface area contributed by atoms with Crippen LogP contribution in [0, 0.1) is 0 Å². The third-order valence-corrected chi connectivity index (χ3v) is 2.57. The summed E-state index contributed by atoms with van der Waals surface area (Å²) in [7, 11) is 0. The lowest BCUT2D eigenvalue weighted by Gasteiger charge is -2.31. The van der Waals surface area contributed by atoms with Crippen molar-refractivity contribution in [2.75, 3.05) is 4.90 Å². The maximum atomic E-state index is 12.7. The summed E-state index contributed by atoms with van der Waals surface area (Å²) in [6, 6.07) is 5.67. The Balaban J connectivity index is 3.17. The summed E-state index contributed by atoms with van der Waals surface area (Å²) in [5, 5.41) is 0. The van der Waals surface area contributed by atoms with E-state index in [1.165, 1.54) is 19.9 Å². The molecule has 0 aromatic heterocycles. The van der Waals surface area contributed by atoms with Gasteiger partial charge in [0.15, 0.2) is 0 Å². The molecule has 0 spiro atoms. The molecule has 0 heterocycles. The van der Waals surface area contributed by atoms with E-state index in [0.717, 1.165) is 0 Å². The zero-order valence-electron chi connectivity index (χ0n) is 8.35. The normalized spacial score (nSPS) is 11.9. The molecule has 1 aromatic carbocycles. The highest BCUT2D eigenvalue weighted by Crippen LogP contribution is 2.35. The molecule has 1 nitrogen and oxygen atoms in total. The molecule has 0 aliphatic heterocycles. The van der Waals surface area contributed by atoms with Gasteiger partial charge in [0.2, 0.25) is 0 Å². The number of halogens is 4. The number of rotatable bonds is 2. The number of nitrogens with zero attached hydrogens (tertiary/aromatic N) is 1. The molecule has 0 bridgehead atoms. The summed E-state index contributed by atoms with van der Waals surface area (Å²) < 4.78 is 38.7. The molecule has 5 heteroatoms. The van der Waals surface area contributed by atoms with Gasteiger partial charge in [-0.3, -0.25) is 4.90 Å². The maximum absolute atomic E-state index is 12.7. The molecule has 0 saturated heterocycles. The van der Waals surface area contributed by atoms with E-state index in [2.05, 4.69) is 15.9 Å². The third-order valence-electron chi connectivity index (χ3n) is 1.90. The van der Waals surface area contributed by atoms with Crippen molar-refractivity contribution in [1.82, 2.24) is 0 Å². The van der Waals surface area contributed by atoms with Crippen LogP contribution in [0.2, 0.25) is 0 Å². The molecule has 15 heavy (non-hydrogen) atoms. The van der Waals surface area contributed by atoms with Gasteiger partial charge in [0.05, 0.1) is 5.69 Å². The summed E-state index contributed by atoms with van der Waals surface area (Å²) in [5.41, 5.74) is 0.139. The van der Waals surface area contributed by atoms with Gasteiger partial charge < -0.3 is 0 Å². The fourth-order valence-electron chi connectivity index (χ4n) is 1.35. The number of alkyl halides is 3. The third kappa shape index (κ3) is 2.87. The van der Waals surface area contributed by atoms with Crippen LogP contribution in [0.5, 0.6) is 0 Å². The zero-order chi connectivity index (χ0) is 11.6. The van der Waals surface area contributed by atoms with Crippen LogP contribution < -0.4 is 4.90 Å². The molecule has 0 aliphatic rings. The van der Waals surface area contributed by atoms with E-state index in [-0.39, 0.29) is 5.69 Å². The second kappa shape index (κ2) is 4.43. The molecule has 84 valence electrons. The Morgan fingerprint density at radius 1 is 1.20 bits per heavy atom. The Morgan fingerprint density at radius 3 is 2.13 bits per heavy atom. The van der Waals surface area contributed by atoms with Crippen LogP contribution in [0.4, 0.5) is 18.9 Å². The van der Waals surface area contributed by atoms with Crippen LogP contribution in [-0.2, 0) is 0 Å². The van der Waals surface area contributed by atoms with E-state index in [9.17, 15) is 13.2 Å². The van der Waals surface area contributed by atoms with E-state index >= 15 is 0 Å². The SMILES string of the molecule is CC(C)N(c1ccccc1Br)C(F)(F)F. The van der Waals surface area contributed by atoms with Crippen LogP contribution in [0.25, 0.3) is 0 Å². The number of benzene rings is 1. The lowest BCUT2D eigenvalue weighted by atomic mass is 10.2. The Kier molecular flexibility index (Phi) is 3.65. The molecule has 0 amide bonds. The van der Waals surface area contributed by atoms with Crippen LogP contribution >= 0.6 is 15.9 Å². The average Bonchev–Trinajstić information content (AvgIpc) is 2.05. The van der Waals surface area contributed by atoms with Gasteiger partial charge in [0.25, 0.3) is 0 Å².